The number of nitrogens with zero attached hydrogens (tertiary/aromatic N) is 1. The van der Waals surface area contributed by atoms with Gasteiger partial charge >= 0.3 is 0 Å². The van der Waals surface area contributed by atoms with E-state index >= 15 is 0 Å². The van der Waals surface area contributed by atoms with Crippen molar-refractivity contribution in [1.29, 1.82) is 0 Å². The zero-order chi connectivity index (χ0) is 17.1. The molecule has 3 rings (SSSR count). The Bertz CT molecular complexity index is 716. The minimum atomic E-state index is -0.637. The molecular weight excluding hydrogens is 332 g/mol. The summed E-state index contributed by atoms with van der Waals surface area (Å²) in [5, 5.41) is -0.167. The Morgan fingerprint density at radius 1 is 1.17 bits per heavy atom. The average molecular weight is 349 g/mol. The molecule has 1 saturated heterocycles. The minimum Gasteiger partial charge on any atom is -0.494 e. The molecule has 0 saturated carbocycles. The van der Waals surface area contributed by atoms with Crippen LogP contribution in [0.15, 0.2) is 42.5 Å². The summed E-state index contributed by atoms with van der Waals surface area (Å²) in [7, 11) is 0. The molecule has 1 aliphatic rings. The highest BCUT2D eigenvalue weighted by Gasteiger charge is 2.32. The number of halogens is 2. The summed E-state index contributed by atoms with van der Waals surface area (Å²) < 4.78 is 32.2. The fourth-order valence-corrected chi connectivity index (χ4v) is 3.88. The molecule has 0 aromatic heterocycles. The van der Waals surface area contributed by atoms with Gasteiger partial charge in [0.05, 0.1) is 12.4 Å². The molecule has 1 amide bonds. The maximum absolute atomic E-state index is 13.4. The predicted molar refractivity (Wildman–Crippen MR) is 89.7 cm³/mol. The zero-order valence-electron chi connectivity index (χ0n) is 13.2. The van der Waals surface area contributed by atoms with Crippen molar-refractivity contribution in [3.05, 3.63) is 65.2 Å². The summed E-state index contributed by atoms with van der Waals surface area (Å²) >= 11 is 1.51. The maximum atomic E-state index is 13.4. The van der Waals surface area contributed by atoms with Crippen LogP contribution in [-0.2, 0) is 11.3 Å². The van der Waals surface area contributed by atoms with Gasteiger partial charge in [0.25, 0.3) is 0 Å². The zero-order valence-corrected chi connectivity index (χ0v) is 14.0. The molecule has 1 unspecified atom stereocenters. The van der Waals surface area contributed by atoms with E-state index in [-0.39, 0.29) is 17.8 Å². The summed E-state index contributed by atoms with van der Waals surface area (Å²) in [5.41, 5.74) is 1.41. The predicted octanol–water partition coefficient (Wildman–Crippen LogP) is 4.14. The molecule has 1 aliphatic heterocycles. The third-order valence-corrected chi connectivity index (χ3v) is 4.98. The SMILES string of the molecule is CCOc1ccc(C2SCC(=O)N2Cc2cc(F)cc(F)c2)cc1. The van der Waals surface area contributed by atoms with Crippen molar-refractivity contribution >= 4 is 17.7 Å². The molecule has 0 N–H and O–H groups in total. The van der Waals surface area contributed by atoms with Crippen LogP contribution in [-0.4, -0.2) is 23.2 Å². The van der Waals surface area contributed by atoms with Gasteiger partial charge in [-0.05, 0) is 42.3 Å². The lowest BCUT2D eigenvalue weighted by atomic mass is 10.1. The van der Waals surface area contributed by atoms with Crippen molar-refractivity contribution < 1.29 is 18.3 Å². The van der Waals surface area contributed by atoms with Gasteiger partial charge in [-0.1, -0.05) is 12.1 Å². The Morgan fingerprint density at radius 2 is 1.83 bits per heavy atom. The van der Waals surface area contributed by atoms with Crippen LogP contribution in [0.2, 0.25) is 0 Å². The summed E-state index contributed by atoms with van der Waals surface area (Å²) in [6.07, 6.45) is 0. The Labute approximate surface area is 143 Å². The van der Waals surface area contributed by atoms with E-state index in [4.69, 9.17) is 4.74 Å². The second kappa shape index (κ2) is 7.21. The van der Waals surface area contributed by atoms with Gasteiger partial charge in [0.15, 0.2) is 0 Å². The number of carbonyl (C=O) groups excluding carboxylic acids is 1. The first-order valence-corrected chi connectivity index (χ1v) is 8.70. The van der Waals surface area contributed by atoms with Crippen molar-refractivity contribution in [2.24, 2.45) is 0 Å². The quantitative estimate of drug-likeness (QED) is 0.813. The number of thioether (sulfide) groups is 1. The molecule has 2 aromatic rings. The van der Waals surface area contributed by atoms with Crippen molar-refractivity contribution in [1.82, 2.24) is 4.90 Å². The van der Waals surface area contributed by atoms with Gasteiger partial charge in [0.2, 0.25) is 5.91 Å². The summed E-state index contributed by atoms with van der Waals surface area (Å²) in [5.74, 6) is -0.183. The molecule has 126 valence electrons. The molecule has 0 spiro atoms. The molecule has 1 fully saturated rings. The Hall–Kier alpha value is -2.08. The van der Waals surface area contributed by atoms with Gasteiger partial charge < -0.3 is 9.64 Å². The first-order chi connectivity index (χ1) is 11.6. The highest BCUT2D eigenvalue weighted by Crippen LogP contribution is 2.40. The second-order valence-corrected chi connectivity index (χ2v) is 6.53. The van der Waals surface area contributed by atoms with Crippen LogP contribution >= 0.6 is 11.8 Å². The van der Waals surface area contributed by atoms with Gasteiger partial charge in [-0.15, -0.1) is 11.8 Å². The molecule has 3 nitrogen and oxygen atoms in total. The maximum Gasteiger partial charge on any atom is 0.234 e. The first-order valence-electron chi connectivity index (χ1n) is 7.65. The van der Waals surface area contributed by atoms with Crippen molar-refractivity contribution in [3.8, 4) is 5.75 Å². The van der Waals surface area contributed by atoms with Gasteiger partial charge in [-0.25, -0.2) is 8.78 Å². The topological polar surface area (TPSA) is 29.5 Å². The molecule has 1 atom stereocenters. The van der Waals surface area contributed by atoms with Crippen LogP contribution in [0.1, 0.15) is 23.4 Å². The van der Waals surface area contributed by atoms with Crippen LogP contribution in [0.5, 0.6) is 5.75 Å². The second-order valence-electron chi connectivity index (χ2n) is 5.46. The van der Waals surface area contributed by atoms with E-state index < -0.39 is 11.6 Å². The molecular formula is C18H17F2NO2S. The number of amides is 1. The van der Waals surface area contributed by atoms with Crippen LogP contribution in [0.4, 0.5) is 8.78 Å². The van der Waals surface area contributed by atoms with Gasteiger partial charge in [0.1, 0.15) is 22.8 Å². The molecule has 24 heavy (non-hydrogen) atoms. The molecule has 0 radical (unpaired) electrons. The Kier molecular flexibility index (Phi) is 5.04. The van der Waals surface area contributed by atoms with Crippen LogP contribution < -0.4 is 4.74 Å². The average Bonchev–Trinajstić information content (AvgIpc) is 2.89. The van der Waals surface area contributed by atoms with E-state index in [2.05, 4.69) is 0 Å². The minimum absolute atomic E-state index is 0.0384. The highest BCUT2D eigenvalue weighted by atomic mass is 32.2. The lowest BCUT2D eigenvalue weighted by Gasteiger charge is -2.24. The molecule has 1 heterocycles. The van der Waals surface area contributed by atoms with E-state index in [0.717, 1.165) is 17.4 Å². The number of ether oxygens (including phenoxy) is 1. The number of carbonyl (C=O) groups is 1. The van der Waals surface area contributed by atoms with E-state index in [1.165, 1.54) is 23.9 Å². The lowest BCUT2D eigenvalue weighted by Crippen LogP contribution is -2.27. The Balaban J connectivity index is 1.81. The van der Waals surface area contributed by atoms with Crippen LogP contribution in [0.25, 0.3) is 0 Å². The van der Waals surface area contributed by atoms with E-state index in [1.807, 2.05) is 31.2 Å². The number of rotatable bonds is 5. The summed E-state index contributed by atoms with van der Waals surface area (Å²) in [4.78, 5) is 13.8. The molecule has 6 heteroatoms. The van der Waals surface area contributed by atoms with Crippen molar-refractivity contribution in [2.75, 3.05) is 12.4 Å². The van der Waals surface area contributed by atoms with E-state index in [9.17, 15) is 13.6 Å². The van der Waals surface area contributed by atoms with Crippen molar-refractivity contribution in [2.45, 2.75) is 18.8 Å². The molecule has 2 aromatic carbocycles. The number of hydrogen-bond acceptors (Lipinski definition) is 3. The number of hydrogen-bond donors (Lipinski definition) is 0. The van der Waals surface area contributed by atoms with Gasteiger partial charge in [-0.3, -0.25) is 4.79 Å². The third kappa shape index (κ3) is 3.70. The third-order valence-electron chi connectivity index (χ3n) is 3.72. The smallest absolute Gasteiger partial charge is 0.234 e. The van der Waals surface area contributed by atoms with E-state index in [1.54, 1.807) is 4.90 Å². The normalized spacial score (nSPS) is 17.4. The molecule has 0 aliphatic carbocycles. The summed E-state index contributed by atoms with van der Waals surface area (Å²) in [6, 6.07) is 10.9. The highest BCUT2D eigenvalue weighted by molar-refractivity contribution is 8.00. The van der Waals surface area contributed by atoms with Crippen LogP contribution in [0, 0.1) is 11.6 Å². The molecule has 0 bridgehead atoms. The Morgan fingerprint density at radius 3 is 2.46 bits per heavy atom. The lowest BCUT2D eigenvalue weighted by molar-refractivity contribution is -0.128. The van der Waals surface area contributed by atoms with Gasteiger partial charge in [0, 0.05) is 12.6 Å². The summed E-state index contributed by atoms with van der Waals surface area (Å²) in [6.45, 7) is 2.69. The fraction of sp³-hybridized carbons (Fsp3) is 0.278. The fourth-order valence-electron chi connectivity index (χ4n) is 2.70. The van der Waals surface area contributed by atoms with E-state index in [0.29, 0.717) is 17.9 Å². The standard InChI is InChI=1S/C18H17F2NO2S/c1-2-23-16-5-3-13(4-6-16)18-21(17(22)11-24-18)10-12-7-14(19)9-15(20)8-12/h3-9,18H,2,10-11H2,1H3. The van der Waals surface area contributed by atoms with Crippen LogP contribution in [0.3, 0.4) is 0 Å². The van der Waals surface area contributed by atoms with Gasteiger partial charge in [-0.2, -0.15) is 0 Å². The van der Waals surface area contributed by atoms with Crippen molar-refractivity contribution in [3.63, 3.8) is 0 Å². The largest absolute Gasteiger partial charge is 0.494 e. The number of benzene rings is 2. The first kappa shape index (κ1) is 16.8. The monoisotopic (exact) mass is 349 g/mol.